The summed E-state index contributed by atoms with van der Waals surface area (Å²) < 4.78 is 34.6. The SMILES string of the molecule is COc1cc(C(C)NC(C)(C)C)ccc1OCC(F)F.NC(=O)c1cnccn1. The molecule has 1 unspecified atom stereocenters. The summed E-state index contributed by atoms with van der Waals surface area (Å²) in [7, 11) is 1.50. The number of aromatic nitrogens is 2. The highest BCUT2D eigenvalue weighted by Gasteiger charge is 2.17. The fraction of sp³-hybridized carbons (Fsp3) is 0.450. The molecule has 1 aromatic heterocycles. The number of hydrogen-bond donors (Lipinski definition) is 2. The molecule has 2 aromatic rings. The molecule has 0 radical (unpaired) electrons. The minimum absolute atomic E-state index is 0.0164. The number of rotatable bonds is 7. The van der Waals surface area contributed by atoms with Crippen molar-refractivity contribution >= 4 is 5.91 Å². The molecule has 0 aliphatic carbocycles. The Hall–Kier alpha value is -2.81. The smallest absolute Gasteiger partial charge is 0.272 e. The van der Waals surface area contributed by atoms with Crippen molar-refractivity contribution in [1.82, 2.24) is 15.3 Å². The Balaban J connectivity index is 0.000000387. The Kier molecular flexibility index (Phi) is 9.40. The molecular weight excluding hydrogens is 382 g/mol. The third-order valence-corrected chi connectivity index (χ3v) is 3.52. The van der Waals surface area contributed by atoms with Crippen LogP contribution in [0.4, 0.5) is 8.78 Å². The maximum Gasteiger partial charge on any atom is 0.272 e. The predicted molar refractivity (Wildman–Crippen MR) is 106 cm³/mol. The molecule has 7 nitrogen and oxygen atoms in total. The predicted octanol–water partition coefficient (Wildman–Crippen LogP) is 3.36. The lowest BCUT2D eigenvalue weighted by atomic mass is 10.0. The van der Waals surface area contributed by atoms with Crippen molar-refractivity contribution in [3.63, 3.8) is 0 Å². The molecule has 0 bridgehead atoms. The zero-order valence-electron chi connectivity index (χ0n) is 17.3. The molecule has 0 aliphatic rings. The minimum atomic E-state index is -2.50. The number of nitrogens with one attached hydrogen (secondary N) is 1. The quantitative estimate of drug-likeness (QED) is 0.726. The lowest BCUT2D eigenvalue weighted by molar-refractivity contribution is 0.0804. The first-order chi connectivity index (χ1) is 13.5. The third kappa shape index (κ3) is 9.29. The van der Waals surface area contributed by atoms with E-state index < -0.39 is 18.9 Å². The van der Waals surface area contributed by atoms with Crippen LogP contribution in [0.25, 0.3) is 0 Å². The van der Waals surface area contributed by atoms with Gasteiger partial charge in [-0.25, -0.2) is 13.8 Å². The van der Waals surface area contributed by atoms with Gasteiger partial charge in [0.15, 0.2) is 11.5 Å². The van der Waals surface area contributed by atoms with Crippen LogP contribution >= 0.6 is 0 Å². The van der Waals surface area contributed by atoms with Crippen molar-refractivity contribution < 1.29 is 23.0 Å². The van der Waals surface area contributed by atoms with E-state index in [1.165, 1.54) is 25.7 Å². The molecule has 2 rings (SSSR count). The minimum Gasteiger partial charge on any atom is -0.493 e. The molecule has 9 heteroatoms. The number of nitrogens with two attached hydrogens (primary N) is 1. The van der Waals surface area contributed by atoms with Crippen molar-refractivity contribution in [3.8, 4) is 11.5 Å². The average Bonchev–Trinajstić information content (AvgIpc) is 2.66. The van der Waals surface area contributed by atoms with Crippen LogP contribution in [0.5, 0.6) is 11.5 Å². The number of halogens is 2. The number of methoxy groups -OCH3 is 1. The van der Waals surface area contributed by atoms with Crippen molar-refractivity contribution in [2.45, 2.75) is 45.7 Å². The van der Waals surface area contributed by atoms with E-state index in [1.54, 1.807) is 6.07 Å². The van der Waals surface area contributed by atoms with Crippen LogP contribution in [0.15, 0.2) is 36.8 Å². The number of primary amides is 1. The van der Waals surface area contributed by atoms with E-state index in [0.29, 0.717) is 11.5 Å². The van der Waals surface area contributed by atoms with Gasteiger partial charge in [-0.05, 0) is 45.4 Å². The van der Waals surface area contributed by atoms with Crippen LogP contribution in [-0.4, -0.2) is 41.6 Å². The highest BCUT2D eigenvalue weighted by Crippen LogP contribution is 2.31. The zero-order chi connectivity index (χ0) is 22.0. The Morgan fingerprint density at radius 1 is 1.24 bits per heavy atom. The van der Waals surface area contributed by atoms with E-state index >= 15 is 0 Å². The van der Waals surface area contributed by atoms with E-state index in [1.807, 2.05) is 19.1 Å². The highest BCUT2D eigenvalue weighted by molar-refractivity contribution is 5.90. The number of benzene rings is 1. The molecule has 1 aromatic carbocycles. The largest absolute Gasteiger partial charge is 0.493 e. The summed E-state index contributed by atoms with van der Waals surface area (Å²) >= 11 is 0. The maximum absolute atomic E-state index is 12.2. The van der Waals surface area contributed by atoms with Gasteiger partial charge in [-0.2, -0.15) is 0 Å². The standard InChI is InChI=1S/C15H23F2NO2.C5H5N3O/c1-10(18-15(2,3)4)11-6-7-12(13(8-11)19-5)20-9-14(16)17;6-5(9)4-3-7-1-2-8-4/h6-8,10,14,18H,9H2,1-5H3;1-3H,(H2,6,9). The van der Waals surface area contributed by atoms with Crippen molar-refractivity contribution in [2.75, 3.05) is 13.7 Å². The lowest BCUT2D eigenvalue weighted by Crippen LogP contribution is -2.37. The van der Waals surface area contributed by atoms with Gasteiger partial charge in [-0.15, -0.1) is 0 Å². The van der Waals surface area contributed by atoms with Gasteiger partial charge in [-0.1, -0.05) is 6.07 Å². The molecule has 0 fully saturated rings. The summed E-state index contributed by atoms with van der Waals surface area (Å²) in [4.78, 5) is 17.6. The Morgan fingerprint density at radius 2 is 1.93 bits per heavy atom. The number of amides is 1. The Labute approximate surface area is 169 Å². The van der Waals surface area contributed by atoms with Crippen LogP contribution in [0.1, 0.15) is 49.8 Å². The summed E-state index contributed by atoms with van der Waals surface area (Å²) in [5.41, 5.74) is 6.06. The van der Waals surface area contributed by atoms with Crippen LogP contribution in [0.2, 0.25) is 0 Å². The van der Waals surface area contributed by atoms with E-state index in [9.17, 15) is 13.6 Å². The summed E-state index contributed by atoms with van der Waals surface area (Å²) in [6, 6.07) is 5.45. The first-order valence-electron chi connectivity index (χ1n) is 8.96. The van der Waals surface area contributed by atoms with Crippen LogP contribution in [0, 0.1) is 0 Å². The second-order valence-electron chi connectivity index (χ2n) is 7.18. The van der Waals surface area contributed by atoms with Gasteiger partial charge in [-0.3, -0.25) is 9.78 Å². The summed E-state index contributed by atoms with van der Waals surface area (Å²) in [5.74, 6) is 0.244. The number of hydrogen-bond acceptors (Lipinski definition) is 6. The molecule has 29 heavy (non-hydrogen) atoms. The third-order valence-electron chi connectivity index (χ3n) is 3.52. The number of alkyl halides is 2. The molecule has 0 saturated carbocycles. The molecule has 1 amide bonds. The second kappa shape index (κ2) is 11.3. The second-order valence-corrected chi connectivity index (χ2v) is 7.18. The number of carbonyl (C=O) groups is 1. The van der Waals surface area contributed by atoms with Crippen molar-refractivity contribution in [2.24, 2.45) is 5.73 Å². The first kappa shape index (κ1) is 24.2. The van der Waals surface area contributed by atoms with Gasteiger partial charge < -0.3 is 20.5 Å². The van der Waals surface area contributed by atoms with Gasteiger partial charge in [0, 0.05) is 24.0 Å². The van der Waals surface area contributed by atoms with Gasteiger partial charge in [0.05, 0.1) is 13.3 Å². The number of carbonyl (C=O) groups excluding carboxylic acids is 1. The fourth-order valence-corrected chi connectivity index (χ4v) is 2.38. The molecule has 160 valence electrons. The summed E-state index contributed by atoms with van der Waals surface area (Å²) in [6.07, 6.45) is 1.72. The van der Waals surface area contributed by atoms with Crippen molar-refractivity contribution in [1.29, 1.82) is 0 Å². The summed E-state index contributed by atoms with van der Waals surface area (Å²) in [5, 5.41) is 3.44. The van der Waals surface area contributed by atoms with Gasteiger partial charge in [0.2, 0.25) is 0 Å². The first-order valence-corrected chi connectivity index (χ1v) is 8.96. The van der Waals surface area contributed by atoms with E-state index in [0.717, 1.165) is 5.56 Å². The van der Waals surface area contributed by atoms with Gasteiger partial charge >= 0.3 is 0 Å². The maximum atomic E-state index is 12.2. The monoisotopic (exact) mass is 410 g/mol. The van der Waals surface area contributed by atoms with E-state index in [4.69, 9.17) is 15.2 Å². The number of ether oxygens (including phenoxy) is 2. The molecular formula is C20H28F2N4O3. The normalized spacial score (nSPS) is 12.0. The average molecular weight is 410 g/mol. The summed E-state index contributed by atoms with van der Waals surface area (Å²) in [6.45, 7) is 7.66. The molecule has 0 spiro atoms. The van der Waals surface area contributed by atoms with Crippen LogP contribution in [-0.2, 0) is 0 Å². The highest BCUT2D eigenvalue weighted by atomic mass is 19.3. The molecule has 1 heterocycles. The van der Waals surface area contributed by atoms with Crippen LogP contribution in [0.3, 0.4) is 0 Å². The lowest BCUT2D eigenvalue weighted by Gasteiger charge is -2.26. The Morgan fingerprint density at radius 3 is 2.38 bits per heavy atom. The Bertz CT molecular complexity index is 768. The number of nitrogens with zero attached hydrogens (tertiary/aromatic N) is 2. The molecule has 0 aliphatic heterocycles. The fourth-order valence-electron chi connectivity index (χ4n) is 2.38. The van der Waals surface area contributed by atoms with Gasteiger partial charge in [0.25, 0.3) is 12.3 Å². The van der Waals surface area contributed by atoms with E-state index in [2.05, 4.69) is 36.1 Å². The molecule has 0 saturated heterocycles. The topological polar surface area (TPSA) is 99.4 Å². The van der Waals surface area contributed by atoms with Crippen molar-refractivity contribution in [3.05, 3.63) is 48.0 Å². The van der Waals surface area contributed by atoms with Gasteiger partial charge in [0.1, 0.15) is 12.3 Å². The molecule has 3 N–H and O–H groups in total. The zero-order valence-corrected chi connectivity index (χ0v) is 17.3. The molecule has 1 atom stereocenters. The van der Waals surface area contributed by atoms with E-state index in [-0.39, 0.29) is 17.3 Å². The van der Waals surface area contributed by atoms with Crippen LogP contribution < -0.4 is 20.5 Å².